The van der Waals surface area contributed by atoms with E-state index in [1.54, 1.807) is 36.1 Å². The maximum atomic E-state index is 11.5. The second kappa shape index (κ2) is 7.03. The Bertz CT molecular complexity index is 545. The van der Waals surface area contributed by atoms with Crippen LogP contribution in [0.2, 0.25) is 0 Å². The van der Waals surface area contributed by atoms with Gasteiger partial charge in [0, 0.05) is 18.8 Å². The van der Waals surface area contributed by atoms with Crippen LogP contribution in [0.5, 0.6) is 0 Å². The first-order chi connectivity index (χ1) is 10.1. The lowest BCUT2D eigenvalue weighted by atomic mass is 10.2. The number of esters is 1. The summed E-state index contributed by atoms with van der Waals surface area (Å²) in [4.78, 5) is 24.7. The quantitative estimate of drug-likeness (QED) is 0.641. The SMILES string of the molecule is CCOC(=O)c1ccc(NC(=S)N2CCNC(=O)C2)cc1. The van der Waals surface area contributed by atoms with Crippen LogP contribution in [0.25, 0.3) is 0 Å². The van der Waals surface area contributed by atoms with Crippen LogP contribution in [0.15, 0.2) is 24.3 Å². The van der Waals surface area contributed by atoms with E-state index >= 15 is 0 Å². The summed E-state index contributed by atoms with van der Waals surface area (Å²) in [5.74, 6) is -0.387. The number of hydrogen-bond acceptors (Lipinski definition) is 4. The van der Waals surface area contributed by atoms with Crippen LogP contribution in [-0.4, -0.2) is 48.1 Å². The monoisotopic (exact) mass is 307 g/mol. The van der Waals surface area contributed by atoms with E-state index in [1.807, 2.05) is 0 Å². The molecule has 1 aliphatic rings. The molecule has 1 aromatic carbocycles. The van der Waals surface area contributed by atoms with E-state index < -0.39 is 0 Å². The summed E-state index contributed by atoms with van der Waals surface area (Å²) < 4.78 is 4.92. The smallest absolute Gasteiger partial charge is 0.338 e. The number of thiocarbonyl (C=S) groups is 1. The highest BCUT2D eigenvalue weighted by Gasteiger charge is 2.18. The minimum Gasteiger partial charge on any atom is -0.462 e. The highest BCUT2D eigenvalue weighted by Crippen LogP contribution is 2.12. The van der Waals surface area contributed by atoms with Crippen molar-refractivity contribution in [3.05, 3.63) is 29.8 Å². The van der Waals surface area contributed by atoms with E-state index in [0.29, 0.717) is 30.4 Å². The number of hydrogen-bond donors (Lipinski definition) is 2. The minimum atomic E-state index is -0.348. The number of piperazine rings is 1. The normalized spacial score (nSPS) is 14.3. The van der Waals surface area contributed by atoms with Crippen molar-refractivity contribution in [2.45, 2.75) is 6.92 Å². The fraction of sp³-hybridized carbons (Fsp3) is 0.357. The number of nitrogens with zero attached hydrogens (tertiary/aromatic N) is 1. The van der Waals surface area contributed by atoms with Gasteiger partial charge in [-0.15, -0.1) is 0 Å². The van der Waals surface area contributed by atoms with Gasteiger partial charge in [0.05, 0.1) is 18.7 Å². The summed E-state index contributed by atoms with van der Waals surface area (Å²) in [6.45, 7) is 3.63. The zero-order valence-electron chi connectivity index (χ0n) is 11.7. The van der Waals surface area contributed by atoms with Crippen LogP contribution in [-0.2, 0) is 9.53 Å². The molecule has 0 aliphatic carbocycles. The van der Waals surface area contributed by atoms with Crippen molar-refractivity contribution in [3.8, 4) is 0 Å². The number of carbonyl (C=O) groups is 2. The first-order valence-electron chi connectivity index (χ1n) is 6.70. The molecule has 7 heteroatoms. The van der Waals surface area contributed by atoms with E-state index in [1.165, 1.54) is 0 Å². The third-order valence-electron chi connectivity index (χ3n) is 2.97. The van der Waals surface area contributed by atoms with Gasteiger partial charge in [-0.2, -0.15) is 0 Å². The second-order valence-electron chi connectivity index (χ2n) is 4.50. The molecule has 1 fully saturated rings. The van der Waals surface area contributed by atoms with E-state index in [2.05, 4.69) is 10.6 Å². The van der Waals surface area contributed by atoms with Gasteiger partial charge in [-0.25, -0.2) is 4.79 Å². The lowest BCUT2D eigenvalue weighted by molar-refractivity contribution is -0.122. The van der Waals surface area contributed by atoms with E-state index in [-0.39, 0.29) is 18.4 Å². The molecule has 0 spiro atoms. The van der Waals surface area contributed by atoms with Gasteiger partial charge in [-0.05, 0) is 43.4 Å². The van der Waals surface area contributed by atoms with E-state index in [9.17, 15) is 9.59 Å². The average molecular weight is 307 g/mol. The molecule has 112 valence electrons. The van der Waals surface area contributed by atoms with Crippen LogP contribution < -0.4 is 10.6 Å². The topological polar surface area (TPSA) is 70.7 Å². The molecule has 1 aliphatic heterocycles. The Labute approximate surface area is 128 Å². The lowest BCUT2D eigenvalue weighted by Gasteiger charge is -2.29. The molecular formula is C14H17N3O3S. The molecule has 0 bridgehead atoms. The Morgan fingerprint density at radius 2 is 2.14 bits per heavy atom. The molecule has 1 amide bonds. The van der Waals surface area contributed by atoms with E-state index in [4.69, 9.17) is 17.0 Å². The molecule has 6 nitrogen and oxygen atoms in total. The molecular weight excluding hydrogens is 290 g/mol. The molecule has 1 aromatic rings. The van der Waals surface area contributed by atoms with Gasteiger partial charge in [-0.3, -0.25) is 4.79 Å². The Hall–Kier alpha value is -2.15. The minimum absolute atomic E-state index is 0.0388. The Balaban J connectivity index is 1.95. The second-order valence-corrected chi connectivity index (χ2v) is 4.89. The number of benzene rings is 1. The van der Waals surface area contributed by atoms with Crippen molar-refractivity contribution in [3.63, 3.8) is 0 Å². The van der Waals surface area contributed by atoms with Gasteiger partial charge in [-0.1, -0.05) is 0 Å². The Morgan fingerprint density at radius 3 is 2.76 bits per heavy atom. The van der Waals surface area contributed by atoms with Crippen LogP contribution in [0, 0.1) is 0 Å². The summed E-state index contributed by atoms with van der Waals surface area (Å²) in [7, 11) is 0. The van der Waals surface area contributed by atoms with E-state index in [0.717, 1.165) is 5.69 Å². The summed E-state index contributed by atoms with van der Waals surface area (Å²) in [6.07, 6.45) is 0. The maximum absolute atomic E-state index is 11.5. The number of anilines is 1. The Morgan fingerprint density at radius 1 is 1.43 bits per heavy atom. The third-order valence-corrected chi connectivity index (χ3v) is 3.33. The van der Waals surface area contributed by atoms with Gasteiger partial charge in [0.2, 0.25) is 5.91 Å². The molecule has 2 N–H and O–H groups in total. The molecule has 0 unspecified atom stereocenters. The summed E-state index contributed by atoms with van der Waals surface area (Å²) in [5.41, 5.74) is 1.25. The molecule has 0 aromatic heterocycles. The van der Waals surface area contributed by atoms with Crippen molar-refractivity contribution in [1.29, 1.82) is 0 Å². The fourth-order valence-electron chi connectivity index (χ4n) is 1.92. The molecule has 1 saturated heterocycles. The van der Waals surface area contributed by atoms with Gasteiger partial charge < -0.3 is 20.3 Å². The average Bonchev–Trinajstić information content (AvgIpc) is 2.48. The zero-order chi connectivity index (χ0) is 15.2. The van der Waals surface area contributed by atoms with Crippen molar-refractivity contribution in [2.24, 2.45) is 0 Å². The fourth-order valence-corrected chi connectivity index (χ4v) is 2.19. The summed E-state index contributed by atoms with van der Waals surface area (Å²) in [6, 6.07) is 6.85. The van der Waals surface area contributed by atoms with Crippen molar-refractivity contribution in [2.75, 3.05) is 31.6 Å². The first-order valence-corrected chi connectivity index (χ1v) is 7.11. The van der Waals surface area contributed by atoms with Gasteiger partial charge in [0.25, 0.3) is 0 Å². The number of nitrogens with one attached hydrogen (secondary N) is 2. The standard InChI is InChI=1S/C14H17N3O3S/c1-2-20-13(19)10-3-5-11(6-4-10)16-14(21)17-8-7-15-12(18)9-17/h3-6H,2,7-9H2,1H3,(H,15,18)(H,16,21). The lowest BCUT2D eigenvalue weighted by Crippen LogP contribution is -2.51. The highest BCUT2D eigenvalue weighted by molar-refractivity contribution is 7.80. The van der Waals surface area contributed by atoms with Gasteiger partial charge in [0.15, 0.2) is 5.11 Å². The number of carbonyl (C=O) groups excluding carboxylic acids is 2. The molecule has 0 saturated carbocycles. The number of amides is 1. The zero-order valence-corrected chi connectivity index (χ0v) is 12.5. The summed E-state index contributed by atoms with van der Waals surface area (Å²) in [5, 5.41) is 6.29. The number of rotatable bonds is 3. The predicted molar refractivity (Wildman–Crippen MR) is 83.2 cm³/mol. The van der Waals surface area contributed by atoms with Gasteiger partial charge in [0.1, 0.15) is 0 Å². The molecule has 1 heterocycles. The molecule has 0 radical (unpaired) electrons. The van der Waals surface area contributed by atoms with Crippen molar-refractivity contribution >= 4 is 34.9 Å². The number of ether oxygens (including phenoxy) is 1. The maximum Gasteiger partial charge on any atom is 0.338 e. The molecule has 0 atom stereocenters. The van der Waals surface area contributed by atoms with Crippen LogP contribution in [0.4, 0.5) is 5.69 Å². The third kappa shape index (κ3) is 4.16. The highest BCUT2D eigenvalue weighted by atomic mass is 32.1. The first kappa shape index (κ1) is 15.2. The van der Waals surface area contributed by atoms with Crippen molar-refractivity contribution in [1.82, 2.24) is 10.2 Å². The molecule has 2 rings (SSSR count). The van der Waals surface area contributed by atoms with Crippen LogP contribution in [0.3, 0.4) is 0 Å². The molecule has 21 heavy (non-hydrogen) atoms. The van der Waals surface area contributed by atoms with Crippen LogP contribution >= 0.6 is 12.2 Å². The Kier molecular flexibility index (Phi) is 5.10. The van der Waals surface area contributed by atoms with Gasteiger partial charge >= 0.3 is 5.97 Å². The predicted octanol–water partition coefficient (Wildman–Crippen LogP) is 0.992. The van der Waals surface area contributed by atoms with Crippen LogP contribution in [0.1, 0.15) is 17.3 Å². The largest absolute Gasteiger partial charge is 0.462 e. The summed E-state index contributed by atoms with van der Waals surface area (Å²) >= 11 is 5.28. The van der Waals surface area contributed by atoms with Crippen molar-refractivity contribution < 1.29 is 14.3 Å².